The van der Waals surface area contributed by atoms with E-state index in [0.29, 0.717) is 36.1 Å². The van der Waals surface area contributed by atoms with E-state index in [0.717, 1.165) is 42.5 Å². The van der Waals surface area contributed by atoms with Gasteiger partial charge in [-0.05, 0) is 64.8 Å². The molecule has 11 heteroatoms. The van der Waals surface area contributed by atoms with Gasteiger partial charge in [-0.25, -0.2) is 9.78 Å². The van der Waals surface area contributed by atoms with E-state index in [1.54, 1.807) is 6.20 Å². The normalized spacial score (nSPS) is 12.9. The Morgan fingerprint density at radius 3 is 2.74 bits per heavy atom. The first-order valence-electron chi connectivity index (χ1n) is 11.1. The number of likely N-dealkylation sites (tertiary alicyclic amines) is 1. The number of amides is 3. The second-order valence-electron chi connectivity index (χ2n) is 7.77. The average Bonchev–Trinajstić information content (AvgIpc) is 3.56. The highest BCUT2D eigenvalue weighted by Crippen LogP contribution is 2.23. The summed E-state index contributed by atoms with van der Waals surface area (Å²) in [7, 11) is 0. The molecule has 3 aromatic rings. The molecular weight excluding hydrogens is 518 g/mol. The fourth-order valence-electron chi connectivity index (χ4n) is 3.47. The van der Waals surface area contributed by atoms with Crippen LogP contribution in [0.15, 0.2) is 51.8 Å². The largest absolute Gasteiger partial charge is 0.369 e. The van der Waals surface area contributed by atoms with Gasteiger partial charge in [0.05, 0.1) is 4.47 Å². The fourth-order valence-corrected chi connectivity index (χ4v) is 4.44. The van der Waals surface area contributed by atoms with E-state index in [-0.39, 0.29) is 11.9 Å². The summed E-state index contributed by atoms with van der Waals surface area (Å²) in [5.41, 5.74) is 2.16. The number of hydrogen-bond acceptors (Lipinski definition) is 7. The zero-order valence-corrected chi connectivity index (χ0v) is 20.9. The van der Waals surface area contributed by atoms with Crippen LogP contribution in [0.5, 0.6) is 0 Å². The van der Waals surface area contributed by atoms with Crippen LogP contribution in [-0.4, -0.2) is 53.0 Å². The summed E-state index contributed by atoms with van der Waals surface area (Å²) in [5, 5.41) is 16.0. The number of benzene rings is 1. The summed E-state index contributed by atoms with van der Waals surface area (Å²) in [5.74, 6) is 1.02. The van der Waals surface area contributed by atoms with Crippen molar-refractivity contribution in [3.8, 4) is 0 Å². The van der Waals surface area contributed by atoms with Crippen LogP contribution in [-0.2, 0) is 0 Å². The Kier molecular flexibility index (Phi) is 8.31. The van der Waals surface area contributed by atoms with Gasteiger partial charge < -0.3 is 26.2 Å². The van der Waals surface area contributed by atoms with E-state index >= 15 is 0 Å². The summed E-state index contributed by atoms with van der Waals surface area (Å²) >= 11 is 4.97. The Labute approximate surface area is 210 Å². The van der Waals surface area contributed by atoms with Crippen LogP contribution < -0.4 is 21.3 Å². The first-order valence-corrected chi connectivity index (χ1v) is 12.8. The van der Waals surface area contributed by atoms with E-state index in [9.17, 15) is 9.59 Å². The van der Waals surface area contributed by atoms with Crippen molar-refractivity contribution < 1.29 is 9.59 Å². The van der Waals surface area contributed by atoms with Crippen molar-refractivity contribution in [3.63, 3.8) is 0 Å². The highest BCUT2D eigenvalue weighted by Gasteiger charge is 2.17. The highest BCUT2D eigenvalue weighted by molar-refractivity contribution is 9.10. The molecule has 178 valence electrons. The molecule has 0 saturated carbocycles. The summed E-state index contributed by atoms with van der Waals surface area (Å²) in [6.45, 7) is 2.79. The fraction of sp³-hybridized carbons (Fsp3) is 0.304. The zero-order valence-electron chi connectivity index (χ0n) is 18.5. The summed E-state index contributed by atoms with van der Waals surface area (Å²) in [6.07, 6.45) is 4.52. The molecule has 3 amide bonds. The maximum absolute atomic E-state index is 12.3. The van der Waals surface area contributed by atoms with E-state index in [1.165, 1.54) is 11.3 Å². The number of nitrogens with zero attached hydrogens (tertiary/aromatic N) is 3. The maximum atomic E-state index is 12.3. The number of nitrogens with one attached hydrogen (secondary N) is 4. The van der Waals surface area contributed by atoms with Gasteiger partial charge >= 0.3 is 6.03 Å². The van der Waals surface area contributed by atoms with E-state index in [2.05, 4.69) is 47.2 Å². The van der Waals surface area contributed by atoms with Gasteiger partial charge in [-0.2, -0.15) is 16.3 Å². The van der Waals surface area contributed by atoms with Gasteiger partial charge in [0.1, 0.15) is 5.82 Å². The van der Waals surface area contributed by atoms with Gasteiger partial charge in [0.2, 0.25) is 5.95 Å². The van der Waals surface area contributed by atoms with Crippen molar-refractivity contribution in [1.29, 1.82) is 0 Å². The molecule has 1 aliphatic rings. The SMILES string of the molecule is O=C(NCCCNc1nc(Nc2cccc(NC(=O)N3CCCC3)c2)ncc1Br)c1ccsc1. The molecule has 0 aliphatic carbocycles. The third-order valence-corrected chi connectivity index (χ3v) is 6.49. The molecule has 0 unspecified atom stereocenters. The summed E-state index contributed by atoms with van der Waals surface area (Å²) in [4.78, 5) is 35.0. The minimum Gasteiger partial charge on any atom is -0.369 e. The van der Waals surface area contributed by atoms with E-state index in [1.807, 2.05) is 46.0 Å². The van der Waals surface area contributed by atoms with Crippen molar-refractivity contribution in [2.45, 2.75) is 19.3 Å². The van der Waals surface area contributed by atoms with Crippen LogP contribution in [0.4, 0.5) is 27.9 Å². The van der Waals surface area contributed by atoms with Crippen LogP contribution in [0.1, 0.15) is 29.6 Å². The molecule has 3 heterocycles. The number of halogens is 1. The maximum Gasteiger partial charge on any atom is 0.321 e. The van der Waals surface area contributed by atoms with Crippen LogP contribution >= 0.6 is 27.3 Å². The quantitative estimate of drug-likeness (QED) is 0.285. The number of carbonyl (C=O) groups is 2. The molecular formula is C23H26BrN7O2S. The third-order valence-electron chi connectivity index (χ3n) is 5.22. The average molecular weight is 544 g/mol. The number of urea groups is 1. The van der Waals surface area contributed by atoms with Crippen molar-refractivity contribution >= 4 is 62.3 Å². The Morgan fingerprint density at radius 2 is 1.94 bits per heavy atom. The molecule has 4 N–H and O–H groups in total. The number of thiophene rings is 1. The number of hydrogen-bond donors (Lipinski definition) is 4. The molecule has 1 fully saturated rings. The van der Waals surface area contributed by atoms with Gasteiger partial charge in [-0.1, -0.05) is 6.07 Å². The highest BCUT2D eigenvalue weighted by atomic mass is 79.9. The lowest BCUT2D eigenvalue weighted by molar-refractivity contribution is 0.0954. The molecule has 1 saturated heterocycles. The topological polar surface area (TPSA) is 111 Å². The predicted octanol–water partition coefficient (Wildman–Crippen LogP) is 4.90. The summed E-state index contributed by atoms with van der Waals surface area (Å²) in [6, 6.07) is 9.19. The first kappa shape index (κ1) is 24.0. The van der Waals surface area contributed by atoms with Crippen LogP contribution in [0.2, 0.25) is 0 Å². The Balaban J connectivity index is 1.28. The van der Waals surface area contributed by atoms with Crippen LogP contribution in [0.25, 0.3) is 0 Å². The molecule has 0 radical (unpaired) electrons. The minimum absolute atomic E-state index is 0.0604. The Hall–Kier alpha value is -3.18. The predicted molar refractivity (Wildman–Crippen MR) is 139 cm³/mol. The second-order valence-corrected chi connectivity index (χ2v) is 9.40. The van der Waals surface area contributed by atoms with Gasteiger partial charge in [-0.3, -0.25) is 4.79 Å². The zero-order chi connectivity index (χ0) is 23.8. The second kappa shape index (κ2) is 11.8. The monoisotopic (exact) mass is 543 g/mol. The lowest BCUT2D eigenvalue weighted by Crippen LogP contribution is -2.32. The van der Waals surface area contributed by atoms with Gasteiger partial charge in [0.15, 0.2) is 0 Å². The van der Waals surface area contributed by atoms with Crippen molar-refractivity contribution in [3.05, 3.63) is 57.3 Å². The number of aromatic nitrogens is 2. The molecule has 2 aromatic heterocycles. The van der Waals surface area contributed by atoms with Crippen molar-refractivity contribution in [2.75, 3.05) is 42.1 Å². The van der Waals surface area contributed by atoms with Gasteiger partial charge in [-0.15, -0.1) is 0 Å². The molecule has 9 nitrogen and oxygen atoms in total. The molecule has 0 atom stereocenters. The number of carbonyl (C=O) groups excluding carboxylic acids is 2. The molecule has 34 heavy (non-hydrogen) atoms. The van der Waals surface area contributed by atoms with Crippen molar-refractivity contribution in [2.24, 2.45) is 0 Å². The van der Waals surface area contributed by atoms with Crippen molar-refractivity contribution in [1.82, 2.24) is 20.2 Å². The molecule has 0 bridgehead atoms. The number of anilines is 4. The lowest BCUT2D eigenvalue weighted by atomic mass is 10.3. The smallest absolute Gasteiger partial charge is 0.321 e. The standard InChI is InChI=1S/C23H26BrN7O2S/c24-19-14-27-22(30-20(19)25-8-4-9-26-21(32)16-7-12-34-15-16)28-17-5-3-6-18(13-17)29-23(33)31-10-1-2-11-31/h3,5-7,12-15H,1-2,4,8-11H2,(H,26,32)(H,29,33)(H2,25,27,28,30). The molecule has 0 spiro atoms. The van der Waals surface area contributed by atoms with E-state index in [4.69, 9.17) is 0 Å². The van der Waals surface area contributed by atoms with Gasteiger partial charge in [0, 0.05) is 54.7 Å². The Bertz CT molecular complexity index is 1120. The Morgan fingerprint density at radius 1 is 1.12 bits per heavy atom. The number of rotatable bonds is 9. The van der Waals surface area contributed by atoms with Crippen LogP contribution in [0.3, 0.4) is 0 Å². The third kappa shape index (κ3) is 6.67. The van der Waals surface area contributed by atoms with E-state index < -0.39 is 0 Å². The summed E-state index contributed by atoms with van der Waals surface area (Å²) < 4.78 is 0.743. The first-order chi connectivity index (χ1) is 16.6. The molecule has 4 rings (SSSR count). The molecule has 1 aliphatic heterocycles. The minimum atomic E-state index is -0.0764. The molecule has 1 aromatic carbocycles. The van der Waals surface area contributed by atoms with Crippen LogP contribution in [0, 0.1) is 0 Å². The lowest BCUT2D eigenvalue weighted by Gasteiger charge is -2.16. The van der Waals surface area contributed by atoms with Gasteiger partial charge in [0.25, 0.3) is 5.91 Å².